The van der Waals surface area contributed by atoms with E-state index in [4.69, 9.17) is 0 Å². The highest BCUT2D eigenvalue weighted by molar-refractivity contribution is 6.10. The lowest BCUT2D eigenvalue weighted by molar-refractivity contribution is 0.101. The van der Waals surface area contributed by atoms with Gasteiger partial charge in [0.2, 0.25) is 0 Å². The Morgan fingerprint density at radius 3 is 2.29 bits per heavy atom. The van der Waals surface area contributed by atoms with Crippen LogP contribution in [0.15, 0.2) is 54.6 Å². The van der Waals surface area contributed by atoms with E-state index in [1.165, 1.54) is 24.3 Å². The molecule has 1 amide bonds. The molecule has 3 aromatic rings. The van der Waals surface area contributed by atoms with Gasteiger partial charge in [-0.15, -0.1) is 0 Å². The monoisotopic (exact) mass is 379 g/mol. The van der Waals surface area contributed by atoms with Crippen LogP contribution in [-0.2, 0) is 12.5 Å². The fourth-order valence-corrected chi connectivity index (χ4v) is 2.75. The van der Waals surface area contributed by atoms with Crippen molar-refractivity contribution in [3.05, 3.63) is 82.9 Å². The van der Waals surface area contributed by atoms with E-state index in [2.05, 4.69) is 10.4 Å². The van der Waals surface area contributed by atoms with Crippen LogP contribution in [0, 0.1) is 5.82 Å². The molecular formula is C22H22FN3O2. The van der Waals surface area contributed by atoms with Crippen LogP contribution in [0.1, 0.15) is 52.9 Å². The van der Waals surface area contributed by atoms with E-state index in [0.717, 1.165) is 5.69 Å². The minimum atomic E-state index is -0.400. The molecule has 2 aromatic carbocycles. The van der Waals surface area contributed by atoms with Crippen LogP contribution in [0.25, 0.3) is 0 Å². The van der Waals surface area contributed by atoms with Crippen molar-refractivity contribution in [2.45, 2.75) is 26.2 Å². The first-order valence-corrected chi connectivity index (χ1v) is 8.91. The summed E-state index contributed by atoms with van der Waals surface area (Å²) in [6.45, 7) is 6.09. The van der Waals surface area contributed by atoms with Gasteiger partial charge < -0.3 is 5.32 Å². The predicted molar refractivity (Wildman–Crippen MR) is 106 cm³/mol. The third-order valence-electron chi connectivity index (χ3n) is 4.37. The van der Waals surface area contributed by atoms with Gasteiger partial charge in [-0.3, -0.25) is 14.3 Å². The van der Waals surface area contributed by atoms with E-state index in [9.17, 15) is 14.0 Å². The Morgan fingerprint density at radius 2 is 1.68 bits per heavy atom. The molecule has 1 aromatic heterocycles. The minimum absolute atomic E-state index is 0.169. The molecule has 28 heavy (non-hydrogen) atoms. The van der Waals surface area contributed by atoms with Crippen LogP contribution in [0.4, 0.5) is 10.1 Å². The molecule has 6 heteroatoms. The van der Waals surface area contributed by atoms with E-state index in [0.29, 0.717) is 22.5 Å². The lowest BCUT2D eigenvalue weighted by atomic mass is 9.92. The zero-order valence-corrected chi connectivity index (χ0v) is 16.3. The van der Waals surface area contributed by atoms with Gasteiger partial charge in [0.1, 0.15) is 11.5 Å². The maximum Gasteiger partial charge on any atom is 0.273 e. The molecule has 0 unspecified atom stereocenters. The molecule has 0 aliphatic carbocycles. The van der Waals surface area contributed by atoms with Crippen LogP contribution in [0.2, 0.25) is 0 Å². The Balaban J connectivity index is 1.81. The molecule has 1 heterocycles. The molecule has 0 aliphatic heterocycles. The fraction of sp³-hybridized carbons (Fsp3) is 0.227. The number of anilines is 1. The SMILES string of the molecule is Cn1nc(C(C)(C)C)cc1C(=O)Nc1cccc(C(=O)c2ccc(F)cc2)c1. The van der Waals surface area contributed by atoms with Gasteiger partial charge in [-0.25, -0.2) is 4.39 Å². The largest absolute Gasteiger partial charge is 0.321 e. The Hall–Kier alpha value is -3.28. The number of carbonyl (C=O) groups excluding carboxylic acids is 2. The molecular weight excluding hydrogens is 357 g/mol. The van der Waals surface area contributed by atoms with Crippen molar-refractivity contribution < 1.29 is 14.0 Å². The van der Waals surface area contributed by atoms with Gasteiger partial charge in [-0.2, -0.15) is 5.10 Å². The van der Waals surface area contributed by atoms with Gasteiger partial charge in [-0.1, -0.05) is 32.9 Å². The maximum absolute atomic E-state index is 13.1. The second-order valence-electron chi connectivity index (χ2n) is 7.66. The fourth-order valence-electron chi connectivity index (χ4n) is 2.75. The van der Waals surface area contributed by atoms with E-state index < -0.39 is 5.82 Å². The summed E-state index contributed by atoms with van der Waals surface area (Å²) in [6, 6.07) is 13.8. The average Bonchev–Trinajstić information content (AvgIpc) is 3.04. The van der Waals surface area contributed by atoms with Crippen LogP contribution in [0.5, 0.6) is 0 Å². The third-order valence-corrected chi connectivity index (χ3v) is 4.37. The lowest BCUT2D eigenvalue weighted by Gasteiger charge is -2.13. The first kappa shape index (κ1) is 19.5. The van der Waals surface area contributed by atoms with Gasteiger partial charge in [0.25, 0.3) is 5.91 Å². The van der Waals surface area contributed by atoms with Crippen LogP contribution < -0.4 is 5.32 Å². The maximum atomic E-state index is 13.1. The molecule has 0 atom stereocenters. The molecule has 0 fully saturated rings. The first-order chi connectivity index (χ1) is 13.1. The van der Waals surface area contributed by atoms with Gasteiger partial charge in [0.15, 0.2) is 5.78 Å². The van der Waals surface area contributed by atoms with Crippen molar-refractivity contribution >= 4 is 17.4 Å². The summed E-state index contributed by atoms with van der Waals surface area (Å²) in [5, 5.41) is 7.22. The smallest absolute Gasteiger partial charge is 0.273 e. The third kappa shape index (κ3) is 4.17. The standard InChI is InChI=1S/C22H22FN3O2/c1-22(2,3)19-13-18(26(4)25-19)21(28)24-17-7-5-6-15(12-17)20(27)14-8-10-16(23)11-9-14/h5-13H,1-4H3,(H,24,28). The van der Waals surface area contributed by atoms with Crippen molar-refractivity contribution in [1.82, 2.24) is 9.78 Å². The lowest BCUT2D eigenvalue weighted by Crippen LogP contribution is -2.16. The minimum Gasteiger partial charge on any atom is -0.321 e. The van der Waals surface area contributed by atoms with Crippen LogP contribution in [0.3, 0.4) is 0 Å². The number of hydrogen-bond acceptors (Lipinski definition) is 3. The summed E-state index contributed by atoms with van der Waals surface area (Å²) >= 11 is 0. The normalized spacial score (nSPS) is 11.3. The van der Waals surface area contributed by atoms with Gasteiger partial charge in [-0.05, 0) is 42.5 Å². The number of nitrogens with one attached hydrogen (secondary N) is 1. The van der Waals surface area contributed by atoms with E-state index >= 15 is 0 Å². The summed E-state index contributed by atoms with van der Waals surface area (Å²) in [4.78, 5) is 25.2. The van der Waals surface area contributed by atoms with Gasteiger partial charge in [0.05, 0.1) is 5.69 Å². The number of hydrogen-bond donors (Lipinski definition) is 1. The molecule has 0 spiro atoms. The second-order valence-corrected chi connectivity index (χ2v) is 7.66. The number of benzene rings is 2. The Labute approximate surface area is 163 Å². The Morgan fingerprint density at radius 1 is 1.00 bits per heavy atom. The van der Waals surface area contributed by atoms with Crippen molar-refractivity contribution in [2.75, 3.05) is 5.32 Å². The summed E-state index contributed by atoms with van der Waals surface area (Å²) in [6.07, 6.45) is 0. The number of ketones is 1. The highest BCUT2D eigenvalue weighted by atomic mass is 19.1. The molecule has 3 rings (SSSR count). The van der Waals surface area contributed by atoms with Crippen molar-refractivity contribution in [3.63, 3.8) is 0 Å². The summed E-state index contributed by atoms with van der Waals surface area (Å²) in [5.41, 5.74) is 2.37. The number of carbonyl (C=O) groups is 2. The summed E-state index contributed by atoms with van der Waals surface area (Å²) in [7, 11) is 1.72. The number of halogens is 1. The number of rotatable bonds is 4. The average molecular weight is 379 g/mol. The molecule has 0 aliphatic rings. The zero-order valence-electron chi connectivity index (χ0n) is 16.3. The highest BCUT2D eigenvalue weighted by Gasteiger charge is 2.22. The molecule has 0 saturated heterocycles. The molecule has 1 N–H and O–H groups in total. The molecule has 0 saturated carbocycles. The summed E-state index contributed by atoms with van der Waals surface area (Å²) < 4.78 is 14.6. The Bertz CT molecular complexity index is 1030. The quantitative estimate of drug-likeness (QED) is 0.686. The van der Waals surface area contributed by atoms with Crippen molar-refractivity contribution in [2.24, 2.45) is 7.05 Å². The van der Waals surface area contributed by atoms with Gasteiger partial charge >= 0.3 is 0 Å². The molecule has 5 nitrogen and oxygen atoms in total. The first-order valence-electron chi connectivity index (χ1n) is 8.91. The topological polar surface area (TPSA) is 64.0 Å². The zero-order chi connectivity index (χ0) is 20.5. The Kier molecular flexibility index (Phi) is 5.14. The molecule has 0 bridgehead atoms. The van der Waals surface area contributed by atoms with Gasteiger partial charge in [0, 0.05) is 29.3 Å². The predicted octanol–water partition coefficient (Wildman–Crippen LogP) is 4.34. The van der Waals surface area contributed by atoms with E-state index in [-0.39, 0.29) is 17.1 Å². The summed E-state index contributed by atoms with van der Waals surface area (Å²) in [5.74, 6) is -0.952. The number of aryl methyl sites for hydroxylation is 1. The van der Waals surface area contributed by atoms with E-state index in [1.807, 2.05) is 20.8 Å². The van der Waals surface area contributed by atoms with Crippen LogP contribution >= 0.6 is 0 Å². The molecule has 0 radical (unpaired) electrons. The number of aromatic nitrogens is 2. The highest BCUT2D eigenvalue weighted by Crippen LogP contribution is 2.22. The van der Waals surface area contributed by atoms with Crippen molar-refractivity contribution in [3.8, 4) is 0 Å². The second kappa shape index (κ2) is 7.38. The van der Waals surface area contributed by atoms with Crippen molar-refractivity contribution in [1.29, 1.82) is 0 Å². The number of nitrogens with zero attached hydrogens (tertiary/aromatic N) is 2. The molecule has 144 valence electrons. The number of amides is 1. The van der Waals surface area contributed by atoms with E-state index in [1.54, 1.807) is 42.1 Å². The van der Waals surface area contributed by atoms with Crippen LogP contribution in [-0.4, -0.2) is 21.5 Å².